The average Bonchev–Trinajstić information content (AvgIpc) is 2.54. The second-order valence-corrected chi connectivity index (χ2v) is 5.33. The number of benzene rings is 2. The highest BCUT2D eigenvalue weighted by Gasteiger charge is 2.14. The number of rotatable bonds is 5. The molecule has 0 bridgehead atoms. The molecule has 2 rings (SSSR count). The number of nitro groups is 1. The first-order valence-electron chi connectivity index (χ1n) is 6.84. The molecule has 0 aliphatic heterocycles. The normalized spacial score (nSPS) is 10.1. The van der Waals surface area contributed by atoms with E-state index >= 15 is 0 Å². The Hall–Kier alpha value is -2.93. The standard InChI is InChI=1S/C16H13ClN2O5/c1-10-5-6-13(8-14(10)19(22)23)18-15(20)9-24-16(21)11-3-2-4-12(17)7-11/h2-8H,9H2,1H3,(H,18,20). The predicted octanol–water partition coefficient (Wildman–Crippen LogP) is 3.35. The molecule has 0 saturated carbocycles. The Morgan fingerprint density at radius 2 is 2.00 bits per heavy atom. The van der Waals surface area contributed by atoms with Gasteiger partial charge in [-0.25, -0.2) is 4.79 Å². The summed E-state index contributed by atoms with van der Waals surface area (Å²) in [5, 5.41) is 13.7. The van der Waals surface area contributed by atoms with E-state index in [1.54, 1.807) is 19.1 Å². The summed E-state index contributed by atoms with van der Waals surface area (Å²) < 4.78 is 4.88. The predicted molar refractivity (Wildman–Crippen MR) is 88.2 cm³/mol. The Morgan fingerprint density at radius 1 is 1.25 bits per heavy atom. The van der Waals surface area contributed by atoms with Gasteiger partial charge in [0, 0.05) is 22.3 Å². The van der Waals surface area contributed by atoms with Gasteiger partial charge in [0.15, 0.2) is 6.61 Å². The number of nitro benzene ring substituents is 1. The lowest BCUT2D eigenvalue weighted by Crippen LogP contribution is -2.21. The molecule has 24 heavy (non-hydrogen) atoms. The first-order valence-corrected chi connectivity index (χ1v) is 7.22. The highest BCUT2D eigenvalue weighted by Crippen LogP contribution is 2.22. The van der Waals surface area contributed by atoms with E-state index in [1.165, 1.54) is 30.3 Å². The van der Waals surface area contributed by atoms with E-state index < -0.39 is 23.4 Å². The molecular formula is C16H13ClN2O5. The Labute approximate surface area is 142 Å². The molecule has 0 radical (unpaired) electrons. The SMILES string of the molecule is Cc1ccc(NC(=O)COC(=O)c2cccc(Cl)c2)cc1[N+](=O)[O-]. The highest BCUT2D eigenvalue weighted by atomic mass is 35.5. The van der Waals surface area contributed by atoms with Gasteiger partial charge in [0.1, 0.15) is 0 Å². The Balaban J connectivity index is 1.95. The van der Waals surface area contributed by atoms with Crippen LogP contribution in [-0.2, 0) is 9.53 Å². The van der Waals surface area contributed by atoms with E-state index in [-0.39, 0.29) is 16.9 Å². The van der Waals surface area contributed by atoms with Crippen LogP contribution < -0.4 is 5.32 Å². The number of nitrogens with zero attached hydrogens (tertiary/aromatic N) is 1. The Kier molecular flexibility index (Phi) is 5.49. The van der Waals surface area contributed by atoms with Crippen molar-refractivity contribution < 1.29 is 19.2 Å². The van der Waals surface area contributed by atoms with E-state index in [1.807, 2.05) is 0 Å². The fourth-order valence-electron chi connectivity index (χ4n) is 1.91. The van der Waals surface area contributed by atoms with Gasteiger partial charge in [0.25, 0.3) is 11.6 Å². The van der Waals surface area contributed by atoms with Crippen molar-refractivity contribution >= 4 is 34.9 Å². The van der Waals surface area contributed by atoms with E-state index in [0.29, 0.717) is 10.6 Å². The average molecular weight is 349 g/mol. The van der Waals surface area contributed by atoms with Gasteiger partial charge in [-0.2, -0.15) is 0 Å². The number of anilines is 1. The Morgan fingerprint density at radius 3 is 2.67 bits per heavy atom. The van der Waals surface area contributed by atoms with Crippen molar-refractivity contribution in [2.24, 2.45) is 0 Å². The van der Waals surface area contributed by atoms with Crippen molar-refractivity contribution in [3.05, 3.63) is 68.7 Å². The van der Waals surface area contributed by atoms with Gasteiger partial charge in [0.05, 0.1) is 10.5 Å². The first-order chi connectivity index (χ1) is 11.4. The minimum atomic E-state index is -0.692. The molecule has 0 unspecified atom stereocenters. The van der Waals surface area contributed by atoms with Crippen molar-refractivity contribution in [2.75, 3.05) is 11.9 Å². The summed E-state index contributed by atoms with van der Waals surface area (Å²) in [6.07, 6.45) is 0. The van der Waals surface area contributed by atoms with Gasteiger partial charge >= 0.3 is 5.97 Å². The van der Waals surface area contributed by atoms with E-state index in [4.69, 9.17) is 16.3 Å². The van der Waals surface area contributed by atoms with Crippen LogP contribution in [0.5, 0.6) is 0 Å². The second-order valence-electron chi connectivity index (χ2n) is 4.89. The molecule has 1 amide bonds. The van der Waals surface area contributed by atoms with Gasteiger partial charge in [-0.3, -0.25) is 14.9 Å². The fraction of sp³-hybridized carbons (Fsp3) is 0.125. The van der Waals surface area contributed by atoms with Crippen molar-refractivity contribution in [2.45, 2.75) is 6.92 Å². The molecule has 0 fully saturated rings. The van der Waals surface area contributed by atoms with E-state index in [9.17, 15) is 19.7 Å². The van der Waals surface area contributed by atoms with Crippen LogP contribution in [0.15, 0.2) is 42.5 Å². The third-order valence-corrected chi connectivity index (χ3v) is 3.32. The van der Waals surface area contributed by atoms with Crippen molar-refractivity contribution in [1.82, 2.24) is 0 Å². The zero-order chi connectivity index (χ0) is 17.7. The molecular weight excluding hydrogens is 336 g/mol. The van der Waals surface area contributed by atoms with Crippen LogP contribution >= 0.6 is 11.6 Å². The summed E-state index contributed by atoms with van der Waals surface area (Å²) in [7, 11) is 0. The number of amides is 1. The molecule has 8 heteroatoms. The number of nitrogens with one attached hydrogen (secondary N) is 1. The smallest absolute Gasteiger partial charge is 0.338 e. The molecule has 7 nitrogen and oxygen atoms in total. The summed E-state index contributed by atoms with van der Waals surface area (Å²) in [5.41, 5.74) is 0.839. The summed E-state index contributed by atoms with van der Waals surface area (Å²) in [6.45, 7) is 1.07. The molecule has 2 aromatic carbocycles. The van der Waals surface area contributed by atoms with E-state index in [0.717, 1.165) is 0 Å². The van der Waals surface area contributed by atoms with Crippen LogP contribution in [-0.4, -0.2) is 23.4 Å². The minimum absolute atomic E-state index is 0.108. The number of ether oxygens (including phenoxy) is 1. The molecule has 0 heterocycles. The maximum atomic E-state index is 11.8. The van der Waals surface area contributed by atoms with Crippen LogP contribution in [0.1, 0.15) is 15.9 Å². The van der Waals surface area contributed by atoms with Gasteiger partial charge in [-0.05, 0) is 31.2 Å². The maximum Gasteiger partial charge on any atom is 0.338 e. The molecule has 2 aromatic rings. The lowest BCUT2D eigenvalue weighted by atomic mass is 10.2. The number of halogens is 1. The summed E-state index contributed by atoms with van der Waals surface area (Å²) in [6, 6.07) is 10.4. The molecule has 0 spiro atoms. The minimum Gasteiger partial charge on any atom is -0.452 e. The largest absolute Gasteiger partial charge is 0.452 e. The maximum absolute atomic E-state index is 11.8. The fourth-order valence-corrected chi connectivity index (χ4v) is 2.10. The zero-order valence-electron chi connectivity index (χ0n) is 12.6. The molecule has 0 aliphatic carbocycles. The molecule has 1 N–H and O–H groups in total. The quantitative estimate of drug-likeness (QED) is 0.507. The zero-order valence-corrected chi connectivity index (χ0v) is 13.4. The van der Waals surface area contributed by atoms with Crippen LogP contribution in [0, 0.1) is 17.0 Å². The summed E-state index contributed by atoms with van der Waals surface area (Å²) in [5.74, 6) is -1.30. The third-order valence-electron chi connectivity index (χ3n) is 3.08. The van der Waals surface area contributed by atoms with Crippen LogP contribution in [0.25, 0.3) is 0 Å². The molecule has 0 saturated heterocycles. The first kappa shape index (κ1) is 17.4. The van der Waals surface area contributed by atoms with Gasteiger partial charge in [-0.1, -0.05) is 23.7 Å². The number of aryl methyl sites for hydroxylation is 1. The lowest BCUT2D eigenvalue weighted by Gasteiger charge is -2.07. The van der Waals surface area contributed by atoms with Crippen LogP contribution in [0.2, 0.25) is 5.02 Å². The van der Waals surface area contributed by atoms with Crippen molar-refractivity contribution in [3.63, 3.8) is 0 Å². The van der Waals surface area contributed by atoms with Gasteiger partial charge in [0.2, 0.25) is 0 Å². The third kappa shape index (κ3) is 4.53. The van der Waals surface area contributed by atoms with Crippen molar-refractivity contribution in [3.8, 4) is 0 Å². The monoisotopic (exact) mass is 348 g/mol. The van der Waals surface area contributed by atoms with Crippen LogP contribution in [0.3, 0.4) is 0 Å². The van der Waals surface area contributed by atoms with E-state index in [2.05, 4.69) is 5.32 Å². The molecule has 124 valence electrons. The summed E-state index contributed by atoms with van der Waals surface area (Å²) >= 11 is 5.77. The number of carbonyl (C=O) groups excluding carboxylic acids is 2. The van der Waals surface area contributed by atoms with Crippen LogP contribution in [0.4, 0.5) is 11.4 Å². The summed E-state index contributed by atoms with van der Waals surface area (Å²) in [4.78, 5) is 33.9. The lowest BCUT2D eigenvalue weighted by molar-refractivity contribution is -0.385. The molecule has 0 aliphatic rings. The number of carbonyl (C=O) groups is 2. The van der Waals surface area contributed by atoms with Gasteiger partial charge < -0.3 is 10.1 Å². The molecule has 0 aromatic heterocycles. The Bertz CT molecular complexity index is 807. The number of hydrogen-bond donors (Lipinski definition) is 1. The van der Waals surface area contributed by atoms with Crippen molar-refractivity contribution in [1.29, 1.82) is 0 Å². The number of hydrogen-bond acceptors (Lipinski definition) is 5. The highest BCUT2D eigenvalue weighted by molar-refractivity contribution is 6.30. The topological polar surface area (TPSA) is 98.5 Å². The molecule has 0 atom stereocenters. The number of esters is 1. The van der Waals surface area contributed by atoms with Gasteiger partial charge in [-0.15, -0.1) is 0 Å². The second kappa shape index (κ2) is 7.56.